The predicted molar refractivity (Wildman–Crippen MR) is 51.8 cm³/mol. The second-order valence-corrected chi connectivity index (χ2v) is 3.40. The molecule has 2 rings (SSSR count). The summed E-state index contributed by atoms with van der Waals surface area (Å²) in [6, 6.07) is 4.49. The SMILES string of the molecule is NCCc1ccc2c(C(F)(F)F)noc2c1. The van der Waals surface area contributed by atoms with Crippen molar-refractivity contribution in [3.05, 3.63) is 29.5 Å². The Labute approximate surface area is 89.0 Å². The van der Waals surface area contributed by atoms with Gasteiger partial charge in [0.1, 0.15) is 0 Å². The zero-order valence-corrected chi connectivity index (χ0v) is 8.21. The first-order valence-corrected chi connectivity index (χ1v) is 4.68. The molecule has 1 aromatic carbocycles. The Bertz CT molecular complexity index is 504. The molecule has 2 N–H and O–H groups in total. The van der Waals surface area contributed by atoms with Gasteiger partial charge in [0, 0.05) is 0 Å². The third-order valence-electron chi connectivity index (χ3n) is 2.24. The fourth-order valence-electron chi connectivity index (χ4n) is 1.51. The highest BCUT2D eigenvalue weighted by Crippen LogP contribution is 2.34. The molecule has 0 atom stereocenters. The molecule has 0 aliphatic carbocycles. The third-order valence-corrected chi connectivity index (χ3v) is 2.24. The highest BCUT2D eigenvalue weighted by atomic mass is 19.4. The largest absolute Gasteiger partial charge is 0.437 e. The van der Waals surface area contributed by atoms with Crippen LogP contribution in [0.15, 0.2) is 22.7 Å². The van der Waals surface area contributed by atoms with Crippen molar-refractivity contribution in [2.75, 3.05) is 6.54 Å². The van der Waals surface area contributed by atoms with Crippen LogP contribution in [0, 0.1) is 0 Å². The zero-order valence-electron chi connectivity index (χ0n) is 8.21. The number of benzene rings is 1. The van der Waals surface area contributed by atoms with Crippen LogP contribution in [0.3, 0.4) is 0 Å². The minimum absolute atomic E-state index is 0.0201. The number of halogens is 3. The predicted octanol–water partition coefficient (Wildman–Crippen LogP) is 2.35. The molecule has 0 unspecified atom stereocenters. The lowest BCUT2D eigenvalue weighted by molar-refractivity contribution is -0.141. The number of hydrogen-bond donors (Lipinski definition) is 1. The molecular weight excluding hydrogens is 221 g/mol. The Kier molecular flexibility index (Phi) is 2.59. The molecule has 0 aliphatic heterocycles. The van der Waals surface area contributed by atoms with Crippen molar-refractivity contribution in [3.8, 4) is 0 Å². The van der Waals surface area contributed by atoms with Crippen LogP contribution in [0.1, 0.15) is 11.3 Å². The first-order valence-electron chi connectivity index (χ1n) is 4.68. The van der Waals surface area contributed by atoms with Gasteiger partial charge < -0.3 is 10.3 Å². The second-order valence-electron chi connectivity index (χ2n) is 3.40. The van der Waals surface area contributed by atoms with Crippen LogP contribution in [0.5, 0.6) is 0 Å². The summed E-state index contributed by atoms with van der Waals surface area (Å²) in [6.07, 6.45) is -3.89. The highest BCUT2D eigenvalue weighted by molar-refractivity contribution is 5.80. The van der Waals surface area contributed by atoms with Crippen molar-refractivity contribution in [1.82, 2.24) is 5.16 Å². The maximum Gasteiger partial charge on any atom is 0.437 e. The number of alkyl halides is 3. The fraction of sp³-hybridized carbons (Fsp3) is 0.300. The van der Waals surface area contributed by atoms with E-state index in [9.17, 15) is 13.2 Å². The molecule has 86 valence electrons. The average Bonchev–Trinajstić information content (AvgIpc) is 2.60. The van der Waals surface area contributed by atoms with Gasteiger partial charge in [-0.2, -0.15) is 13.2 Å². The average molecular weight is 230 g/mol. The summed E-state index contributed by atoms with van der Waals surface area (Å²) < 4.78 is 42.0. The Morgan fingerprint density at radius 2 is 2.06 bits per heavy atom. The van der Waals surface area contributed by atoms with Gasteiger partial charge in [-0.15, -0.1) is 0 Å². The molecule has 0 fully saturated rings. The number of aromatic nitrogens is 1. The van der Waals surface area contributed by atoms with Gasteiger partial charge in [-0.1, -0.05) is 11.2 Å². The monoisotopic (exact) mass is 230 g/mol. The Morgan fingerprint density at radius 1 is 1.31 bits per heavy atom. The van der Waals surface area contributed by atoms with Gasteiger partial charge in [0.25, 0.3) is 0 Å². The summed E-state index contributed by atoms with van der Waals surface area (Å²) >= 11 is 0. The molecule has 0 spiro atoms. The Balaban J connectivity index is 2.51. The van der Waals surface area contributed by atoms with Crippen LogP contribution in [0.4, 0.5) is 13.2 Å². The minimum atomic E-state index is -4.49. The summed E-state index contributed by atoms with van der Waals surface area (Å²) in [5, 5.41) is 3.02. The van der Waals surface area contributed by atoms with Gasteiger partial charge in [0.15, 0.2) is 11.3 Å². The zero-order chi connectivity index (χ0) is 11.8. The minimum Gasteiger partial charge on any atom is -0.356 e. The fourth-order valence-corrected chi connectivity index (χ4v) is 1.51. The van der Waals surface area contributed by atoms with Gasteiger partial charge >= 0.3 is 6.18 Å². The van der Waals surface area contributed by atoms with Gasteiger partial charge in [-0.3, -0.25) is 0 Å². The van der Waals surface area contributed by atoms with Crippen LogP contribution in [-0.4, -0.2) is 11.7 Å². The topological polar surface area (TPSA) is 52.0 Å². The van der Waals surface area contributed by atoms with Gasteiger partial charge in [-0.25, -0.2) is 0 Å². The molecule has 1 aromatic heterocycles. The molecule has 16 heavy (non-hydrogen) atoms. The Hall–Kier alpha value is -1.56. The van der Waals surface area contributed by atoms with Crippen molar-refractivity contribution in [3.63, 3.8) is 0 Å². The van der Waals surface area contributed by atoms with E-state index in [1.54, 1.807) is 6.07 Å². The second kappa shape index (κ2) is 3.79. The van der Waals surface area contributed by atoms with Gasteiger partial charge in [-0.05, 0) is 30.7 Å². The van der Waals surface area contributed by atoms with Crippen LogP contribution in [0.25, 0.3) is 11.0 Å². The van der Waals surface area contributed by atoms with Crippen molar-refractivity contribution >= 4 is 11.0 Å². The number of nitrogens with two attached hydrogens (primary N) is 1. The smallest absolute Gasteiger partial charge is 0.356 e. The van der Waals surface area contributed by atoms with Crippen LogP contribution in [0.2, 0.25) is 0 Å². The lowest BCUT2D eigenvalue weighted by Crippen LogP contribution is -2.05. The maximum absolute atomic E-state index is 12.5. The number of nitrogens with zero attached hydrogens (tertiary/aromatic N) is 1. The molecule has 1 heterocycles. The summed E-state index contributed by atoms with van der Waals surface area (Å²) in [6.45, 7) is 0.436. The van der Waals surface area contributed by atoms with E-state index < -0.39 is 11.9 Å². The normalized spacial score (nSPS) is 12.2. The van der Waals surface area contributed by atoms with E-state index in [-0.39, 0.29) is 11.0 Å². The Morgan fingerprint density at radius 3 is 2.69 bits per heavy atom. The molecule has 6 heteroatoms. The van der Waals surface area contributed by atoms with Gasteiger partial charge in [0.05, 0.1) is 5.39 Å². The highest BCUT2D eigenvalue weighted by Gasteiger charge is 2.36. The van der Waals surface area contributed by atoms with Crippen LogP contribution >= 0.6 is 0 Å². The summed E-state index contributed by atoms with van der Waals surface area (Å²) in [5.74, 6) is 0. The van der Waals surface area contributed by atoms with E-state index in [2.05, 4.69) is 9.68 Å². The van der Waals surface area contributed by atoms with Crippen molar-refractivity contribution in [2.45, 2.75) is 12.6 Å². The molecule has 0 saturated carbocycles. The number of rotatable bonds is 2. The third kappa shape index (κ3) is 1.88. The van der Waals surface area contributed by atoms with Crippen LogP contribution in [-0.2, 0) is 12.6 Å². The van der Waals surface area contributed by atoms with Crippen molar-refractivity contribution in [1.29, 1.82) is 0 Å². The maximum atomic E-state index is 12.5. The molecule has 0 amide bonds. The van der Waals surface area contributed by atoms with E-state index in [1.807, 2.05) is 0 Å². The van der Waals surface area contributed by atoms with Gasteiger partial charge in [0.2, 0.25) is 0 Å². The van der Waals surface area contributed by atoms with Crippen LogP contribution < -0.4 is 5.73 Å². The number of hydrogen-bond acceptors (Lipinski definition) is 3. The first kappa shape index (κ1) is 10.9. The molecule has 0 aliphatic rings. The lowest BCUT2D eigenvalue weighted by Gasteiger charge is -2.01. The number of fused-ring (bicyclic) bond motifs is 1. The lowest BCUT2D eigenvalue weighted by atomic mass is 10.1. The first-order chi connectivity index (χ1) is 7.52. The quantitative estimate of drug-likeness (QED) is 0.861. The molecule has 3 nitrogen and oxygen atoms in total. The van der Waals surface area contributed by atoms with E-state index in [4.69, 9.17) is 5.73 Å². The molecular formula is C10H9F3N2O. The van der Waals surface area contributed by atoms with E-state index >= 15 is 0 Å². The van der Waals surface area contributed by atoms with E-state index in [0.29, 0.717) is 13.0 Å². The summed E-state index contributed by atoms with van der Waals surface area (Å²) in [4.78, 5) is 0. The molecule has 0 radical (unpaired) electrons. The van der Waals surface area contributed by atoms with E-state index in [1.165, 1.54) is 12.1 Å². The van der Waals surface area contributed by atoms with Crippen molar-refractivity contribution in [2.24, 2.45) is 5.73 Å². The molecule has 2 aromatic rings. The molecule has 0 saturated heterocycles. The summed E-state index contributed by atoms with van der Waals surface area (Å²) in [5.41, 5.74) is 5.34. The summed E-state index contributed by atoms with van der Waals surface area (Å²) in [7, 11) is 0. The standard InChI is InChI=1S/C10H9F3N2O/c11-10(12,13)9-7-2-1-6(3-4-14)5-8(7)16-15-9/h1-2,5H,3-4,14H2. The van der Waals surface area contributed by atoms with Crippen molar-refractivity contribution < 1.29 is 17.7 Å². The molecule has 0 bridgehead atoms. The van der Waals surface area contributed by atoms with E-state index in [0.717, 1.165) is 5.56 Å².